The fourth-order valence-corrected chi connectivity index (χ4v) is 3.65. The van der Waals surface area contributed by atoms with E-state index in [1.165, 1.54) is 32.6 Å². The van der Waals surface area contributed by atoms with Crippen LogP contribution in [-0.4, -0.2) is 38.9 Å². The molecule has 0 heterocycles. The average Bonchev–Trinajstić information content (AvgIpc) is 2.47. The zero-order valence-corrected chi connectivity index (χ0v) is 14.1. The standard InChI is InChI=1S/C16H23NO4S/c1-12-6-4-8-14(10-12)21-16(18)13-7-5-9-15(11-13)22(19,20)17(2)3/h5,7,9,11-12,14H,4,6,8,10H2,1-3H3. The van der Waals surface area contributed by atoms with Crippen LogP contribution in [0.5, 0.6) is 0 Å². The molecule has 2 rings (SSSR count). The van der Waals surface area contributed by atoms with Crippen LogP contribution in [0.25, 0.3) is 0 Å². The van der Waals surface area contributed by atoms with Crippen molar-refractivity contribution < 1.29 is 17.9 Å². The van der Waals surface area contributed by atoms with Gasteiger partial charge in [0, 0.05) is 14.1 Å². The van der Waals surface area contributed by atoms with Crippen LogP contribution in [-0.2, 0) is 14.8 Å². The van der Waals surface area contributed by atoms with Gasteiger partial charge in [-0.25, -0.2) is 17.5 Å². The number of esters is 1. The van der Waals surface area contributed by atoms with E-state index in [0.717, 1.165) is 23.6 Å². The third-order valence-corrected chi connectivity index (χ3v) is 5.82. The van der Waals surface area contributed by atoms with Crippen molar-refractivity contribution >= 4 is 16.0 Å². The Morgan fingerprint density at radius 2 is 2.00 bits per heavy atom. The molecule has 1 aliphatic rings. The van der Waals surface area contributed by atoms with Crippen LogP contribution >= 0.6 is 0 Å². The molecule has 0 bridgehead atoms. The summed E-state index contributed by atoms with van der Waals surface area (Å²) in [6.07, 6.45) is 3.93. The minimum atomic E-state index is -3.55. The Bertz CT molecular complexity index is 639. The summed E-state index contributed by atoms with van der Waals surface area (Å²) < 4.78 is 30.9. The van der Waals surface area contributed by atoms with E-state index in [4.69, 9.17) is 4.74 Å². The highest BCUT2D eigenvalue weighted by atomic mass is 32.2. The molecule has 0 saturated heterocycles. The molecule has 1 aliphatic carbocycles. The molecule has 0 aromatic heterocycles. The molecule has 5 nitrogen and oxygen atoms in total. The van der Waals surface area contributed by atoms with E-state index >= 15 is 0 Å². The molecule has 1 fully saturated rings. The number of sulfonamides is 1. The fraction of sp³-hybridized carbons (Fsp3) is 0.562. The molecule has 1 aromatic rings. The minimum absolute atomic E-state index is 0.0645. The molecule has 1 aromatic carbocycles. The first-order valence-corrected chi connectivity index (χ1v) is 8.98. The number of ether oxygens (including phenoxy) is 1. The van der Waals surface area contributed by atoms with Crippen molar-refractivity contribution in [2.24, 2.45) is 5.92 Å². The van der Waals surface area contributed by atoms with Gasteiger partial charge in [-0.2, -0.15) is 0 Å². The molecule has 0 N–H and O–H groups in total. The lowest BCUT2D eigenvalue weighted by molar-refractivity contribution is 0.0155. The van der Waals surface area contributed by atoms with Gasteiger partial charge in [0.15, 0.2) is 0 Å². The van der Waals surface area contributed by atoms with Gasteiger partial charge in [-0.3, -0.25) is 0 Å². The predicted molar refractivity (Wildman–Crippen MR) is 84.2 cm³/mol. The molecule has 6 heteroatoms. The van der Waals surface area contributed by atoms with E-state index in [0.29, 0.717) is 5.92 Å². The normalized spacial score (nSPS) is 22.5. The van der Waals surface area contributed by atoms with Gasteiger partial charge < -0.3 is 4.74 Å². The van der Waals surface area contributed by atoms with Crippen molar-refractivity contribution in [3.8, 4) is 0 Å². The van der Waals surface area contributed by atoms with Crippen molar-refractivity contribution in [3.63, 3.8) is 0 Å². The first-order valence-electron chi connectivity index (χ1n) is 7.54. The second-order valence-corrected chi connectivity index (χ2v) is 8.27. The van der Waals surface area contributed by atoms with Gasteiger partial charge in [0.25, 0.3) is 0 Å². The highest BCUT2D eigenvalue weighted by Gasteiger charge is 2.24. The summed E-state index contributed by atoms with van der Waals surface area (Å²) in [5.41, 5.74) is 0.279. The van der Waals surface area contributed by atoms with Gasteiger partial charge in [-0.15, -0.1) is 0 Å². The monoisotopic (exact) mass is 325 g/mol. The van der Waals surface area contributed by atoms with Crippen molar-refractivity contribution in [1.29, 1.82) is 0 Å². The van der Waals surface area contributed by atoms with Gasteiger partial charge in [-0.05, 0) is 43.4 Å². The first kappa shape index (κ1) is 17.0. The molecule has 0 amide bonds. The van der Waals surface area contributed by atoms with Crippen LogP contribution in [0.2, 0.25) is 0 Å². The van der Waals surface area contributed by atoms with Gasteiger partial charge in [0.05, 0.1) is 10.5 Å². The molecule has 0 spiro atoms. The third kappa shape index (κ3) is 3.87. The number of benzene rings is 1. The SMILES string of the molecule is CC1CCCC(OC(=O)c2cccc(S(=O)(=O)N(C)C)c2)C1. The van der Waals surface area contributed by atoms with E-state index in [9.17, 15) is 13.2 Å². The summed E-state index contributed by atoms with van der Waals surface area (Å²) in [5.74, 6) is 0.113. The lowest BCUT2D eigenvalue weighted by atomic mass is 9.89. The smallest absolute Gasteiger partial charge is 0.338 e. The molecule has 1 saturated carbocycles. The van der Waals surface area contributed by atoms with E-state index in [2.05, 4.69) is 6.92 Å². The summed E-state index contributed by atoms with van der Waals surface area (Å²) in [4.78, 5) is 12.3. The summed E-state index contributed by atoms with van der Waals surface area (Å²) in [6.45, 7) is 2.16. The fourth-order valence-electron chi connectivity index (χ4n) is 2.70. The van der Waals surface area contributed by atoms with Gasteiger partial charge in [-0.1, -0.05) is 19.4 Å². The van der Waals surface area contributed by atoms with Crippen LogP contribution in [0, 0.1) is 5.92 Å². The van der Waals surface area contributed by atoms with Gasteiger partial charge in [0.1, 0.15) is 6.10 Å². The molecule has 2 unspecified atom stereocenters. The zero-order valence-electron chi connectivity index (χ0n) is 13.3. The molecule has 22 heavy (non-hydrogen) atoms. The summed E-state index contributed by atoms with van der Waals surface area (Å²) in [7, 11) is -0.625. The Morgan fingerprint density at radius 3 is 2.64 bits per heavy atom. The second-order valence-electron chi connectivity index (χ2n) is 6.11. The molecular formula is C16H23NO4S. The van der Waals surface area contributed by atoms with Crippen molar-refractivity contribution in [2.75, 3.05) is 14.1 Å². The van der Waals surface area contributed by atoms with Crippen LogP contribution in [0.1, 0.15) is 43.0 Å². The minimum Gasteiger partial charge on any atom is -0.459 e. The Labute approximate surface area is 132 Å². The van der Waals surface area contributed by atoms with E-state index in [-0.39, 0.29) is 16.6 Å². The number of carbonyl (C=O) groups is 1. The Kier molecular flexibility index (Phi) is 5.24. The lowest BCUT2D eigenvalue weighted by Gasteiger charge is -2.26. The van der Waals surface area contributed by atoms with Crippen molar-refractivity contribution in [1.82, 2.24) is 4.31 Å². The number of rotatable bonds is 4. The zero-order chi connectivity index (χ0) is 16.3. The van der Waals surface area contributed by atoms with Gasteiger partial charge >= 0.3 is 5.97 Å². The highest BCUT2D eigenvalue weighted by molar-refractivity contribution is 7.89. The molecule has 122 valence electrons. The average molecular weight is 325 g/mol. The first-order chi connectivity index (χ1) is 10.3. The van der Waals surface area contributed by atoms with Gasteiger partial charge in [0.2, 0.25) is 10.0 Å². The maximum atomic E-state index is 12.2. The van der Waals surface area contributed by atoms with Crippen LogP contribution in [0.3, 0.4) is 0 Å². The summed E-state index contributed by atoms with van der Waals surface area (Å²) in [6, 6.07) is 6.01. The van der Waals surface area contributed by atoms with Crippen LogP contribution < -0.4 is 0 Å². The van der Waals surface area contributed by atoms with Crippen LogP contribution in [0.15, 0.2) is 29.2 Å². The van der Waals surface area contributed by atoms with E-state index in [1.54, 1.807) is 12.1 Å². The Balaban J connectivity index is 2.14. The van der Waals surface area contributed by atoms with E-state index in [1.807, 2.05) is 0 Å². The number of carbonyl (C=O) groups excluding carboxylic acids is 1. The van der Waals surface area contributed by atoms with Crippen molar-refractivity contribution in [3.05, 3.63) is 29.8 Å². The summed E-state index contributed by atoms with van der Waals surface area (Å²) >= 11 is 0. The maximum Gasteiger partial charge on any atom is 0.338 e. The quantitative estimate of drug-likeness (QED) is 0.798. The van der Waals surface area contributed by atoms with E-state index < -0.39 is 16.0 Å². The molecule has 0 radical (unpaired) electrons. The molecule has 0 aliphatic heterocycles. The summed E-state index contributed by atoms with van der Waals surface area (Å²) in [5, 5.41) is 0. The Hall–Kier alpha value is -1.40. The number of nitrogens with zero attached hydrogens (tertiary/aromatic N) is 1. The largest absolute Gasteiger partial charge is 0.459 e. The highest BCUT2D eigenvalue weighted by Crippen LogP contribution is 2.26. The number of hydrogen-bond acceptors (Lipinski definition) is 4. The van der Waals surface area contributed by atoms with Crippen LogP contribution in [0.4, 0.5) is 0 Å². The number of hydrogen-bond donors (Lipinski definition) is 0. The molecular weight excluding hydrogens is 302 g/mol. The second kappa shape index (κ2) is 6.79. The topological polar surface area (TPSA) is 63.7 Å². The Morgan fingerprint density at radius 1 is 1.27 bits per heavy atom. The molecule has 2 atom stereocenters. The van der Waals surface area contributed by atoms with Crippen molar-refractivity contribution in [2.45, 2.75) is 43.6 Å². The predicted octanol–water partition coefficient (Wildman–Crippen LogP) is 2.67. The maximum absolute atomic E-state index is 12.2. The third-order valence-electron chi connectivity index (χ3n) is 4.01. The lowest BCUT2D eigenvalue weighted by Crippen LogP contribution is -2.25.